The Labute approximate surface area is 140 Å². The zero-order valence-corrected chi connectivity index (χ0v) is 13.9. The number of halogens is 1. The van der Waals surface area contributed by atoms with E-state index in [-0.39, 0.29) is 29.0 Å². The summed E-state index contributed by atoms with van der Waals surface area (Å²) in [7, 11) is 0. The normalized spacial score (nSPS) is 20.2. The van der Waals surface area contributed by atoms with Crippen LogP contribution < -0.4 is 16.0 Å². The number of hydrogen-bond acceptors (Lipinski definition) is 4. The molecule has 1 heterocycles. The molecule has 4 N–H and O–H groups in total. The minimum atomic E-state index is -0.651. The number of hydrogen-bond donors (Lipinski definition) is 4. The molecule has 1 fully saturated rings. The molecule has 0 aliphatic carbocycles. The fraction of sp³-hybridized carbons (Fsp3) is 0.529. The topological polar surface area (TPSA) is 90.5 Å². The Balaban J connectivity index is 1.93. The summed E-state index contributed by atoms with van der Waals surface area (Å²) in [5.41, 5.74) is 0.238. The van der Waals surface area contributed by atoms with E-state index in [9.17, 15) is 19.1 Å². The van der Waals surface area contributed by atoms with Gasteiger partial charge in [-0.2, -0.15) is 0 Å². The van der Waals surface area contributed by atoms with Crippen LogP contribution in [0.4, 0.5) is 10.1 Å². The van der Waals surface area contributed by atoms with E-state index in [1.807, 2.05) is 13.8 Å². The predicted octanol–water partition coefficient (Wildman–Crippen LogP) is 1.12. The maximum absolute atomic E-state index is 14.1. The third kappa shape index (κ3) is 5.01. The quantitative estimate of drug-likeness (QED) is 0.626. The van der Waals surface area contributed by atoms with E-state index < -0.39 is 17.8 Å². The maximum Gasteiger partial charge on any atom is 0.251 e. The third-order valence-corrected chi connectivity index (χ3v) is 3.93. The van der Waals surface area contributed by atoms with E-state index in [1.165, 1.54) is 12.1 Å². The van der Waals surface area contributed by atoms with E-state index >= 15 is 0 Å². The lowest BCUT2D eigenvalue weighted by atomic mass is 10.1. The van der Waals surface area contributed by atoms with Crippen LogP contribution in [-0.4, -0.2) is 42.7 Å². The van der Waals surface area contributed by atoms with Crippen LogP contribution in [0.1, 0.15) is 30.6 Å². The van der Waals surface area contributed by atoms with E-state index in [4.69, 9.17) is 0 Å². The molecule has 2 unspecified atom stereocenters. The molecule has 0 aromatic heterocycles. The molecule has 6 nitrogen and oxygen atoms in total. The number of carbonyl (C=O) groups is 2. The number of anilines is 1. The van der Waals surface area contributed by atoms with Gasteiger partial charge in [0.1, 0.15) is 5.82 Å². The van der Waals surface area contributed by atoms with Crippen molar-refractivity contribution in [2.45, 2.75) is 26.4 Å². The van der Waals surface area contributed by atoms with Crippen molar-refractivity contribution in [3.05, 3.63) is 29.6 Å². The molecule has 2 amide bonds. The molecule has 1 aromatic carbocycles. The van der Waals surface area contributed by atoms with Crippen molar-refractivity contribution in [1.29, 1.82) is 0 Å². The van der Waals surface area contributed by atoms with Crippen molar-refractivity contribution in [2.75, 3.05) is 25.0 Å². The standard InChI is InChI=1S/C17H24FN3O3/c1-10(2)5-16(23)21-14-4-3-11(6-13(14)18)17(24)20-8-12-7-19-9-15(12)22/h3-4,6,10,12,15,19,22H,5,7-9H2,1-2H3,(H,20,24)(H,21,23). The van der Waals surface area contributed by atoms with E-state index in [2.05, 4.69) is 16.0 Å². The number of rotatable bonds is 6. The highest BCUT2D eigenvalue weighted by molar-refractivity contribution is 5.96. The van der Waals surface area contributed by atoms with Gasteiger partial charge in [-0.25, -0.2) is 4.39 Å². The number of benzene rings is 1. The van der Waals surface area contributed by atoms with Gasteiger partial charge in [0.25, 0.3) is 5.91 Å². The third-order valence-electron chi connectivity index (χ3n) is 3.93. The second kappa shape index (κ2) is 8.21. The van der Waals surface area contributed by atoms with Gasteiger partial charge in [-0.15, -0.1) is 0 Å². The summed E-state index contributed by atoms with van der Waals surface area (Å²) in [4.78, 5) is 23.8. The molecule has 2 rings (SSSR count). The summed E-state index contributed by atoms with van der Waals surface area (Å²) in [5, 5.41) is 17.9. The lowest BCUT2D eigenvalue weighted by Gasteiger charge is -2.14. The van der Waals surface area contributed by atoms with Crippen molar-refractivity contribution in [1.82, 2.24) is 10.6 Å². The van der Waals surface area contributed by atoms with Gasteiger partial charge in [-0.3, -0.25) is 9.59 Å². The van der Waals surface area contributed by atoms with Crippen molar-refractivity contribution < 1.29 is 19.1 Å². The zero-order chi connectivity index (χ0) is 17.7. The molecule has 1 aliphatic rings. The molecular formula is C17H24FN3O3. The average Bonchev–Trinajstić information content (AvgIpc) is 2.91. The molecule has 1 aliphatic heterocycles. The molecule has 24 heavy (non-hydrogen) atoms. The Morgan fingerprint density at radius 2 is 2.12 bits per heavy atom. The first-order chi connectivity index (χ1) is 11.4. The molecule has 1 saturated heterocycles. The highest BCUT2D eigenvalue weighted by atomic mass is 19.1. The van der Waals surface area contributed by atoms with Crippen LogP contribution in [0.3, 0.4) is 0 Å². The molecule has 0 saturated carbocycles. The number of carbonyl (C=O) groups excluding carboxylic acids is 2. The molecule has 0 radical (unpaired) electrons. The number of amides is 2. The van der Waals surface area contributed by atoms with Crippen LogP contribution in [0.5, 0.6) is 0 Å². The Bertz CT molecular complexity index is 607. The van der Waals surface area contributed by atoms with Gasteiger partial charge >= 0.3 is 0 Å². The lowest BCUT2D eigenvalue weighted by molar-refractivity contribution is -0.116. The van der Waals surface area contributed by atoms with Gasteiger partial charge < -0.3 is 21.1 Å². The number of nitrogens with one attached hydrogen (secondary N) is 3. The number of aliphatic hydroxyl groups is 1. The van der Waals surface area contributed by atoms with Crippen molar-refractivity contribution >= 4 is 17.5 Å². The fourth-order valence-electron chi connectivity index (χ4n) is 2.58. The molecule has 7 heteroatoms. The fourth-order valence-corrected chi connectivity index (χ4v) is 2.58. The van der Waals surface area contributed by atoms with Crippen molar-refractivity contribution in [3.63, 3.8) is 0 Å². The van der Waals surface area contributed by atoms with E-state index in [1.54, 1.807) is 0 Å². The molecule has 132 valence electrons. The minimum Gasteiger partial charge on any atom is -0.391 e. The lowest BCUT2D eigenvalue weighted by Crippen LogP contribution is -2.34. The summed E-state index contributed by atoms with van der Waals surface area (Å²) in [6.07, 6.45) is -0.181. The minimum absolute atomic E-state index is 0.0478. The Kier molecular flexibility index (Phi) is 6.28. The van der Waals surface area contributed by atoms with E-state index in [0.29, 0.717) is 26.1 Å². The Morgan fingerprint density at radius 1 is 1.38 bits per heavy atom. The van der Waals surface area contributed by atoms with Crippen LogP contribution >= 0.6 is 0 Å². The Morgan fingerprint density at radius 3 is 2.71 bits per heavy atom. The summed E-state index contributed by atoms with van der Waals surface area (Å²) in [6, 6.07) is 3.95. The van der Waals surface area contributed by atoms with Gasteiger partial charge in [-0.05, 0) is 24.1 Å². The van der Waals surface area contributed by atoms with Gasteiger partial charge in [0.05, 0.1) is 11.8 Å². The number of β-amino-alcohol motifs (C(OH)–C–C–N with tert-alkyl or cyclic N) is 1. The Hall–Kier alpha value is -1.99. The highest BCUT2D eigenvalue weighted by Gasteiger charge is 2.25. The van der Waals surface area contributed by atoms with Crippen LogP contribution in [0.2, 0.25) is 0 Å². The first-order valence-corrected chi connectivity index (χ1v) is 8.13. The van der Waals surface area contributed by atoms with Gasteiger partial charge in [0.2, 0.25) is 5.91 Å². The second-order valence-electron chi connectivity index (χ2n) is 6.54. The van der Waals surface area contributed by atoms with Crippen LogP contribution in [0, 0.1) is 17.7 Å². The van der Waals surface area contributed by atoms with Crippen LogP contribution in [0.15, 0.2) is 18.2 Å². The summed E-state index contributed by atoms with van der Waals surface area (Å²) in [5.74, 6) is -1.19. The van der Waals surface area contributed by atoms with E-state index in [0.717, 1.165) is 6.07 Å². The van der Waals surface area contributed by atoms with Crippen LogP contribution in [-0.2, 0) is 4.79 Å². The first kappa shape index (κ1) is 18.4. The second-order valence-corrected chi connectivity index (χ2v) is 6.54. The highest BCUT2D eigenvalue weighted by Crippen LogP contribution is 2.17. The summed E-state index contributed by atoms with van der Waals surface area (Å²) in [6.45, 7) is 5.28. The largest absolute Gasteiger partial charge is 0.391 e. The molecular weight excluding hydrogens is 313 g/mol. The monoisotopic (exact) mass is 337 g/mol. The molecule has 0 bridgehead atoms. The van der Waals surface area contributed by atoms with Gasteiger partial charge in [0.15, 0.2) is 0 Å². The summed E-state index contributed by atoms with van der Waals surface area (Å²) >= 11 is 0. The SMILES string of the molecule is CC(C)CC(=O)Nc1ccc(C(=O)NCC2CNCC2O)cc1F. The first-order valence-electron chi connectivity index (χ1n) is 8.13. The van der Waals surface area contributed by atoms with Crippen molar-refractivity contribution in [3.8, 4) is 0 Å². The molecule has 1 aromatic rings. The van der Waals surface area contributed by atoms with Crippen molar-refractivity contribution in [2.24, 2.45) is 11.8 Å². The number of aliphatic hydroxyl groups excluding tert-OH is 1. The van der Waals surface area contributed by atoms with Gasteiger partial charge in [-0.1, -0.05) is 13.8 Å². The van der Waals surface area contributed by atoms with Crippen LogP contribution in [0.25, 0.3) is 0 Å². The van der Waals surface area contributed by atoms with Gasteiger partial charge in [0, 0.05) is 37.5 Å². The summed E-state index contributed by atoms with van der Waals surface area (Å²) < 4.78 is 14.1. The maximum atomic E-state index is 14.1. The smallest absolute Gasteiger partial charge is 0.251 e. The molecule has 2 atom stereocenters. The molecule has 0 spiro atoms. The average molecular weight is 337 g/mol. The predicted molar refractivity (Wildman–Crippen MR) is 89.2 cm³/mol. The zero-order valence-electron chi connectivity index (χ0n) is 13.9.